The first kappa shape index (κ1) is 34.2. The minimum absolute atomic E-state index is 0.0121. The van der Waals surface area contributed by atoms with Crippen molar-refractivity contribution in [3.8, 4) is 11.4 Å². The fraction of sp³-hybridized carbons (Fsp3) is 0.316. The van der Waals surface area contributed by atoms with Crippen LogP contribution < -0.4 is 4.74 Å². The van der Waals surface area contributed by atoms with Crippen molar-refractivity contribution in [3.05, 3.63) is 137 Å². The van der Waals surface area contributed by atoms with Crippen molar-refractivity contribution < 1.29 is 27.4 Å². The molecule has 0 saturated carbocycles. The first-order valence-corrected chi connectivity index (χ1v) is 16.8. The van der Waals surface area contributed by atoms with Gasteiger partial charge in [0.1, 0.15) is 12.4 Å². The van der Waals surface area contributed by atoms with Crippen molar-refractivity contribution in [2.75, 3.05) is 39.8 Å². The number of alkyl halides is 3. The van der Waals surface area contributed by atoms with Crippen LogP contribution in [0.1, 0.15) is 34.0 Å². The van der Waals surface area contributed by atoms with Gasteiger partial charge < -0.3 is 14.4 Å². The third-order valence-electron chi connectivity index (χ3n) is 9.66. The summed E-state index contributed by atoms with van der Waals surface area (Å²) >= 11 is 0. The first-order chi connectivity index (χ1) is 24.8. The van der Waals surface area contributed by atoms with E-state index in [1.807, 2.05) is 42.5 Å². The van der Waals surface area contributed by atoms with Crippen LogP contribution >= 0.6 is 0 Å². The lowest BCUT2D eigenvalue weighted by Crippen LogP contribution is -2.67. The summed E-state index contributed by atoms with van der Waals surface area (Å²) in [6, 6.07) is 35.2. The molecule has 2 aliphatic rings. The average molecular weight is 698 g/mol. The van der Waals surface area contributed by atoms with E-state index in [0.29, 0.717) is 55.3 Å². The van der Waals surface area contributed by atoms with Crippen LogP contribution in [0.25, 0.3) is 5.69 Å². The zero-order valence-electron chi connectivity index (χ0n) is 28.1. The maximum Gasteiger partial charge on any atom is 0.453 e. The summed E-state index contributed by atoms with van der Waals surface area (Å²) in [6.45, 7) is 3.51. The van der Waals surface area contributed by atoms with Gasteiger partial charge in [0.2, 0.25) is 0 Å². The van der Waals surface area contributed by atoms with Crippen LogP contribution in [0, 0.1) is 0 Å². The monoisotopic (exact) mass is 697 g/mol. The van der Waals surface area contributed by atoms with E-state index in [9.17, 15) is 18.0 Å². The third kappa shape index (κ3) is 7.59. The van der Waals surface area contributed by atoms with Crippen LogP contribution in [0.15, 0.2) is 109 Å². The van der Waals surface area contributed by atoms with Gasteiger partial charge in [0.15, 0.2) is 0 Å². The van der Waals surface area contributed by atoms with Gasteiger partial charge in [0.05, 0.1) is 12.8 Å². The molecular formula is C38H38F3N7O3. The number of amides is 1. The fourth-order valence-electron chi connectivity index (χ4n) is 7.37. The highest BCUT2D eigenvalue weighted by molar-refractivity contribution is 5.68. The SMILES string of the molecule is COc1ccc(-n2nnnc2C(F)(F)F)cc1CN1C[C@H]2CN(C(=O)OCc3ccccc3)CCN2[C@@H](C(c2ccccc2)c2ccccc2)C1. The molecule has 13 heteroatoms. The van der Waals surface area contributed by atoms with Crippen molar-refractivity contribution in [2.24, 2.45) is 0 Å². The molecule has 2 fully saturated rings. The summed E-state index contributed by atoms with van der Waals surface area (Å²) in [6.07, 6.45) is -5.09. The fourth-order valence-corrected chi connectivity index (χ4v) is 7.37. The normalized spacial score (nSPS) is 18.4. The number of halogens is 3. The van der Waals surface area contributed by atoms with Gasteiger partial charge in [-0.1, -0.05) is 91.0 Å². The Labute approximate surface area is 294 Å². The lowest BCUT2D eigenvalue weighted by Gasteiger charge is -2.53. The molecule has 2 aliphatic heterocycles. The lowest BCUT2D eigenvalue weighted by atomic mass is 9.81. The van der Waals surface area contributed by atoms with Crippen molar-refractivity contribution in [3.63, 3.8) is 0 Å². The standard InChI is InChI=1S/C38H38F3N7O3/c1-50-34-18-17-31(48-36(38(39,40)41)42-43-44-48)21-30(34)22-45-23-32-24-46(37(49)51-26-27-11-5-2-6-12-27)19-20-47(32)33(25-45)35(28-13-7-3-8-14-28)29-15-9-4-10-16-29/h2-18,21,32-33,35H,19-20,22-26H2,1H3/t32-,33+/m0/s1. The number of rotatable bonds is 9. The van der Waals surface area contributed by atoms with Crippen molar-refractivity contribution in [1.29, 1.82) is 0 Å². The van der Waals surface area contributed by atoms with Gasteiger partial charge >= 0.3 is 12.3 Å². The number of ether oxygens (including phenoxy) is 2. The molecule has 0 spiro atoms. The molecule has 1 amide bonds. The quantitative estimate of drug-likeness (QED) is 0.185. The highest BCUT2D eigenvalue weighted by Gasteiger charge is 2.44. The van der Waals surface area contributed by atoms with Crippen LogP contribution in [-0.2, 0) is 24.1 Å². The highest BCUT2D eigenvalue weighted by Crippen LogP contribution is 2.37. The molecule has 0 aliphatic carbocycles. The zero-order chi connectivity index (χ0) is 35.4. The van der Waals surface area contributed by atoms with E-state index in [0.717, 1.165) is 5.56 Å². The molecule has 2 saturated heterocycles. The Kier molecular flexibility index (Phi) is 10.00. The molecule has 264 valence electrons. The van der Waals surface area contributed by atoms with Gasteiger partial charge in [0.25, 0.3) is 5.82 Å². The van der Waals surface area contributed by atoms with E-state index in [4.69, 9.17) is 9.47 Å². The minimum atomic E-state index is -4.73. The van der Waals surface area contributed by atoms with Crippen LogP contribution in [-0.4, -0.2) is 92.9 Å². The molecule has 0 radical (unpaired) electrons. The summed E-state index contributed by atoms with van der Waals surface area (Å²) in [7, 11) is 1.54. The van der Waals surface area contributed by atoms with Crippen LogP contribution in [0.2, 0.25) is 0 Å². The number of hydrogen-bond donors (Lipinski definition) is 0. The zero-order valence-corrected chi connectivity index (χ0v) is 28.1. The topological polar surface area (TPSA) is 88.8 Å². The molecule has 5 aromatic rings. The Morgan fingerprint density at radius 1 is 0.863 bits per heavy atom. The second-order valence-corrected chi connectivity index (χ2v) is 12.8. The molecule has 2 atom stereocenters. The van der Waals surface area contributed by atoms with Gasteiger partial charge in [0, 0.05) is 62.8 Å². The predicted molar refractivity (Wildman–Crippen MR) is 183 cm³/mol. The number of aromatic nitrogens is 4. The number of fused-ring (bicyclic) bond motifs is 1. The van der Waals surface area contributed by atoms with Gasteiger partial charge in [-0.25, -0.2) is 4.79 Å². The Morgan fingerprint density at radius 2 is 1.53 bits per heavy atom. The van der Waals surface area contributed by atoms with E-state index in [1.54, 1.807) is 17.0 Å². The van der Waals surface area contributed by atoms with Gasteiger partial charge in [-0.05, 0) is 45.3 Å². The van der Waals surface area contributed by atoms with E-state index in [2.05, 4.69) is 73.9 Å². The molecule has 3 heterocycles. The summed E-state index contributed by atoms with van der Waals surface area (Å²) in [4.78, 5) is 20.0. The number of carbonyl (C=O) groups is 1. The van der Waals surface area contributed by atoms with Crippen molar-refractivity contribution >= 4 is 6.09 Å². The van der Waals surface area contributed by atoms with Crippen LogP contribution in [0.3, 0.4) is 0 Å². The number of methoxy groups -OCH3 is 1. The largest absolute Gasteiger partial charge is 0.496 e. The van der Waals surface area contributed by atoms with Gasteiger partial charge in [-0.15, -0.1) is 5.10 Å². The summed E-state index contributed by atoms with van der Waals surface area (Å²) < 4.78 is 53.3. The summed E-state index contributed by atoms with van der Waals surface area (Å²) in [5.74, 6) is -0.655. The molecular weight excluding hydrogens is 659 g/mol. The molecule has 7 rings (SSSR count). The van der Waals surface area contributed by atoms with E-state index < -0.39 is 12.0 Å². The lowest BCUT2D eigenvalue weighted by molar-refractivity contribution is -0.146. The Hall–Kier alpha value is -5.27. The van der Waals surface area contributed by atoms with Crippen molar-refractivity contribution in [1.82, 2.24) is 34.9 Å². The second kappa shape index (κ2) is 14.9. The van der Waals surface area contributed by atoms with Gasteiger partial charge in [-0.2, -0.15) is 17.9 Å². The number of carbonyl (C=O) groups excluding carboxylic acids is 1. The van der Waals surface area contributed by atoms with Crippen molar-refractivity contribution in [2.45, 2.75) is 37.3 Å². The van der Waals surface area contributed by atoms with E-state index in [1.165, 1.54) is 24.3 Å². The first-order valence-electron chi connectivity index (χ1n) is 16.8. The maximum atomic E-state index is 13.7. The molecule has 0 unspecified atom stereocenters. The minimum Gasteiger partial charge on any atom is -0.496 e. The predicted octanol–water partition coefficient (Wildman–Crippen LogP) is 6.03. The summed E-state index contributed by atoms with van der Waals surface area (Å²) in [5.41, 5.74) is 4.14. The Morgan fingerprint density at radius 3 is 2.18 bits per heavy atom. The molecule has 10 nitrogen and oxygen atoms in total. The summed E-state index contributed by atoms with van der Waals surface area (Å²) in [5, 5.41) is 10.1. The molecule has 0 N–H and O–H groups in total. The number of piperazine rings is 2. The van der Waals surface area contributed by atoms with Gasteiger partial charge in [-0.3, -0.25) is 9.80 Å². The Balaban J connectivity index is 1.21. The Bertz CT molecular complexity index is 1870. The number of tetrazole rings is 1. The van der Waals surface area contributed by atoms with Crippen LogP contribution in [0.4, 0.5) is 18.0 Å². The number of hydrogen-bond acceptors (Lipinski definition) is 8. The van der Waals surface area contributed by atoms with Crippen LogP contribution in [0.5, 0.6) is 5.75 Å². The molecule has 51 heavy (non-hydrogen) atoms. The van der Waals surface area contributed by atoms with E-state index in [-0.39, 0.29) is 36.4 Å². The molecule has 4 aromatic carbocycles. The maximum absolute atomic E-state index is 13.7. The van der Waals surface area contributed by atoms with E-state index >= 15 is 0 Å². The second-order valence-electron chi connectivity index (χ2n) is 12.8. The number of benzene rings is 4. The third-order valence-corrected chi connectivity index (χ3v) is 9.66. The highest BCUT2D eigenvalue weighted by atomic mass is 19.4. The number of nitrogens with zero attached hydrogens (tertiary/aromatic N) is 7. The molecule has 0 bridgehead atoms. The average Bonchev–Trinajstić information content (AvgIpc) is 3.67. The molecule has 1 aromatic heterocycles. The smallest absolute Gasteiger partial charge is 0.453 e.